The molecule has 0 bridgehead atoms. The maximum atomic E-state index is 12.8. The zero-order chi connectivity index (χ0) is 20.5. The van der Waals surface area contributed by atoms with Crippen LogP contribution >= 0.6 is 11.8 Å². The number of carbonyl (C=O) groups excluding carboxylic acids is 1. The number of aromatic nitrogens is 3. The van der Waals surface area contributed by atoms with E-state index in [1.54, 1.807) is 14.2 Å². The van der Waals surface area contributed by atoms with Crippen LogP contribution in [0.25, 0.3) is 16.6 Å². The summed E-state index contributed by atoms with van der Waals surface area (Å²) in [7, 11) is 3.21. The van der Waals surface area contributed by atoms with Crippen molar-refractivity contribution in [2.75, 3.05) is 20.0 Å². The number of rotatable bonds is 6. The number of aryl methyl sites for hydroxylation is 2. The van der Waals surface area contributed by atoms with Crippen LogP contribution in [-0.4, -0.2) is 40.4 Å². The lowest BCUT2D eigenvalue weighted by Crippen LogP contribution is -2.06. The molecule has 0 radical (unpaired) electrons. The number of fused-ring (bicyclic) bond motifs is 3. The molecule has 0 atom stereocenters. The number of ether oxygens (including phenoxy) is 2. The van der Waals surface area contributed by atoms with E-state index >= 15 is 0 Å². The number of hydrogen-bond donors (Lipinski definition) is 0. The normalized spacial score (nSPS) is 11.2. The SMILES string of the molecule is COc1ccc2c(C)cc3nnc(SCC(=O)c4cc(C)ccc4OC)n3c2c1. The lowest BCUT2D eigenvalue weighted by atomic mass is 10.1. The maximum absolute atomic E-state index is 12.8. The molecule has 2 aromatic carbocycles. The first kappa shape index (κ1) is 19.3. The summed E-state index contributed by atoms with van der Waals surface area (Å²) < 4.78 is 12.7. The molecule has 0 aliphatic heterocycles. The molecular weight excluding hydrogens is 386 g/mol. The van der Waals surface area contributed by atoms with Gasteiger partial charge in [0, 0.05) is 11.5 Å². The second-order valence-electron chi connectivity index (χ2n) is 6.80. The van der Waals surface area contributed by atoms with Gasteiger partial charge in [0.25, 0.3) is 0 Å². The van der Waals surface area contributed by atoms with Crippen LogP contribution < -0.4 is 9.47 Å². The van der Waals surface area contributed by atoms with Crippen molar-refractivity contribution in [1.82, 2.24) is 14.6 Å². The molecule has 0 fully saturated rings. The van der Waals surface area contributed by atoms with E-state index in [1.165, 1.54) is 11.8 Å². The average molecular weight is 407 g/mol. The molecular formula is C22H21N3O3S. The molecule has 0 aliphatic carbocycles. The van der Waals surface area contributed by atoms with Crippen molar-refractivity contribution in [1.29, 1.82) is 0 Å². The highest BCUT2D eigenvalue weighted by atomic mass is 32.2. The smallest absolute Gasteiger partial charge is 0.196 e. The highest BCUT2D eigenvalue weighted by Crippen LogP contribution is 2.29. The third-order valence-corrected chi connectivity index (χ3v) is 5.79. The summed E-state index contributed by atoms with van der Waals surface area (Å²) in [6.45, 7) is 4.00. The Morgan fingerprint density at radius 3 is 2.62 bits per heavy atom. The quantitative estimate of drug-likeness (QED) is 0.347. The second kappa shape index (κ2) is 7.75. The van der Waals surface area contributed by atoms with Gasteiger partial charge in [-0.15, -0.1) is 10.2 Å². The van der Waals surface area contributed by atoms with Crippen LogP contribution in [0.4, 0.5) is 0 Å². The monoisotopic (exact) mass is 407 g/mol. The molecule has 148 valence electrons. The van der Waals surface area contributed by atoms with Crippen molar-refractivity contribution in [2.45, 2.75) is 19.0 Å². The predicted molar refractivity (Wildman–Crippen MR) is 115 cm³/mol. The fourth-order valence-corrected chi connectivity index (χ4v) is 4.21. The number of hydrogen-bond acceptors (Lipinski definition) is 6. The van der Waals surface area contributed by atoms with E-state index in [2.05, 4.69) is 10.2 Å². The minimum absolute atomic E-state index is 0.0127. The van der Waals surface area contributed by atoms with Gasteiger partial charge < -0.3 is 9.47 Å². The number of nitrogens with zero attached hydrogens (tertiary/aromatic N) is 3. The summed E-state index contributed by atoms with van der Waals surface area (Å²) in [4.78, 5) is 12.8. The molecule has 2 heterocycles. The maximum Gasteiger partial charge on any atom is 0.196 e. The predicted octanol–water partition coefficient (Wildman–Crippen LogP) is 4.49. The molecule has 4 aromatic rings. The average Bonchev–Trinajstić information content (AvgIpc) is 3.14. The molecule has 0 saturated carbocycles. The van der Waals surface area contributed by atoms with Gasteiger partial charge in [-0.05, 0) is 49.7 Å². The third kappa shape index (κ3) is 3.53. The number of methoxy groups -OCH3 is 2. The first-order valence-corrected chi connectivity index (χ1v) is 10.1. The number of benzene rings is 2. The third-order valence-electron chi connectivity index (χ3n) is 4.86. The summed E-state index contributed by atoms with van der Waals surface area (Å²) in [5.74, 6) is 1.56. The van der Waals surface area contributed by atoms with Gasteiger partial charge in [0.15, 0.2) is 16.6 Å². The number of carbonyl (C=O) groups is 1. The molecule has 7 heteroatoms. The minimum Gasteiger partial charge on any atom is -0.497 e. The Morgan fingerprint density at radius 2 is 1.86 bits per heavy atom. The number of pyridine rings is 1. The molecule has 0 amide bonds. The fourth-order valence-electron chi connectivity index (χ4n) is 3.37. The van der Waals surface area contributed by atoms with Crippen LogP contribution in [0, 0.1) is 13.8 Å². The van der Waals surface area contributed by atoms with E-state index in [4.69, 9.17) is 9.47 Å². The Hall–Kier alpha value is -3.06. The summed E-state index contributed by atoms with van der Waals surface area (Å²) >= 11 is 1.36. The molecule has 0 N–H and O–H groups in total. The first-order chi connectivity index (χ1) is 14.0. The highest BCUT2D eigenvalue weighted by Gasteiger charge is 2.17. The Labute approximate surface area is 172 Å². The summed E-state index contributed by atoms with van der Waals surface area (Å²) in [5.41, 5.74) is 4.40. The zero-order valence-electron chi connectivity index (χ0n) is 16.7. The van der Waals surface area contributed by atoms with Gasteiger partial charge in [0.2, 0.25) is 0 Å². The van der Waals surface area contributed by atoms with E-state index in [9.17, 15) is 4.79 Å². The molecule has 0 unspecified atom stereocenters. The van der Waals surface area contributed by atoms with Crippen molar-refractivity contribution in [3.63, 3.8) is 0 Å². The molecule has 0 aliphatic rings. The lowest BCUT2D eigenvalue weighted by Gasteiger charge is -2.10. The minimum atomic E-state index is -0.0127. The standard InChI is InChI=1S/C22H21N3O3S/c1-13-5-8-20(28-4)17(9-13)19(26)12-29-22-24-23-21-10-14(2)16-7-6-15(27-3)11-18(16)25(21)22/h5-11H,12H2,1-4H3. The van der Waals surface area contributed by atoms with E-state index in [0.717, 1.165) is 33.4 Å². The van der Waals surface area contributed by atoms with Crippen molar-refractivity contribution in [2.24, 2.45) is 0 Å². The van der Waals surface area contributed by atoms with Gasteiger partial charge in [0.05, 0.1) is 31.1 Å². The lowest BCUT2D eigenvalue weighted by molar-refractivity contribution is 0.101. The van der Waals surface area contributed by atoms with Gasteiger partial charge in [-0.3, -0.25) is 9.20 Å². The highest BCUT2D eigenvalue weighted by molar-refractivity contribution is 7.99. The first-order valence-electron chi connectivity index (χ1n) is 9.15. The summed E-state index contributed by atoms with van der Waals surface area (Å²) in [5, 5.41) is 10.4. The Bertz CT molecular complexity index is 1230. The fraction of sp³-hybridized carbons (Fsp3) is 0.227. The Morgan fingerprint density at radius 1 is 1.03 bits per heavy atom. The molecule has 4 rings (SSSR count). The van der Waals surface area contributed by atoms with Crippen molar-refractivity contribution in [3.8, 4) is 11.5 Å². The van der Waals surface area contributed by atoms with Gasteiger partial charge in [-0.2, -0.15) is 0 Å². The van der Waals surface area contributed by atoms with Gasteiger partial charge >= 0.3 is 0 Å². The van der Waals surface area contributed by atoms with Crippen LogP contribution in [0.3, 0.4) is 0 Å². The van der Waals surface area contributed by atoms with E-state index < -0.39 is 0 Å². The largest absolute Gasteiger partial charge is 0.497 e. The summed E-state index contributed by atoms with van der Waals surface area (Å²) in [6, 6.07) is 13.5. The Balaban J connectivity index is 1.71. The van der Waals surface area contributed by atoms with Crippen molar-refractivity contribution in [3.05, 3.63) is 59.2 Å². The second-order valence-corrected chi connectivity index (χ2v) is 7.74. The zero-order valence-corrected chi connectivity index (χ0v) is 17.5. The van der Waals surface area contributed by atoms with Crippen LogP contribution in [0.15, 0.2) is 47.6 Å². The van der Waals surface area contributed by atoms with Gasteiger partial charge in [0.1, 0.15) is 11.5 Å². The van der Waals surface area contributed by atoms with Crippen LogP contribution in [0.2, 0.25) is 0 Å². The molecule has 2 aromatic heterocycles. The number of ketones is 1. The van der Waals surface area contributed by atoms with Crippen LogP contribution in [-0.2, 0) is 0 Å². The molecule has 29 heavy (non-hydrogen) atoms. The van der Waals surface area contributed by atoms with Crippen LogP contribution in [0.5, 0.6) is 11.5 Å². The van der Waals surface area contributed by atoms with Crippen molar-refractivity contribution >= 4 is 34.1 Å². The number of thioether (sulfide) groups is 1. The van der Waals surface area contributed by atoms with E-state index in [-0.39, 0.29) is 11.5 Å². The van der Waals surface area contributed by atoms with Gasteiger partial charge in [-0.25, -0.2) is 0 Å². The molecule has 6 nitrogen and oxygen atoms in total. The van der Waals surface area contributed by atoms with Crippen LogP contribution in [0.1, 0.15) is 21.5 Å². The summed E-state index contributed by atoms with van der Waals surface area (Å²) in [6.07, 6.45) is 0. The van der Waals surface area contributed by atoms with Crippen molar-refractivity contribution < 1.29 is 14.3 Å². The van der Waals surface area contributed by atoms with E-state index in [0.29, 0.717) is 16.5 Å². The van der Waals surface area contributed by atoms with Gasteiger partial charge in [-0.1, -0.05) is 23.4 Å². The molecule has 0 spiro atoms. The van der Waals surface area contributed by atoms with E-state index in [1.807, 2.05) is 60.7 Å². The Kier molecular flexibility index (Phi) is 5.15. The molecule has 0 saturated heterocycles. The number of Topliss-reactive ketones (excluding diaryl/α,β-unsaturated/α-hetero) is 1. The topological polar surface area (TPSA) is 65.7 Å².